The Morgan fingerprint density at radius 2 is 2.38 bits per heavy atom. The van der Waals surface area contributed by atoms with Crippen LogP contribution in [0.1, 0.15) is 4.88 Å². The molecule has 0 saturated heterocycles. The minimum Gasteiger partial charge on any atom is -0.495 e. The van der Waals surface area contributed by atoms with Crippen molar-refractivity contribution < 1.29 is 4.74 Å². The zero-order valence-corrected chi connectivity index (χ0v) is 9.75. The number of rotatable bonds is 4. The molecule has 0 amide bonds. The molecule has 1 aromatic carbocycles. The van der Waals surface area contributed by atoms with Crippen LogP contribution in [0.3, 0.4) is 0 Å². The predicted molar refractivity (Wildman–Crippen MR) is 66.8 cm³/mol. The molecule has 0 radical (unpaired) electrons. The lowest BCUT2D eigenvalue weighted by atomic mass is 10.2. The Kier molecular flexibility index (Phi) is 3.26. The number of ether oxygens (including phenoxy) is 1. The molecule has 0 aliphatic heterocycles. The van der Waals surface area contributed by atoms with Gasteiger partial charge in [0, 0.05) is 22.8 Å². The molecule has 0 fully saturated rings. The van der Waals surface area contributed by atoms with Gasteiger partial charge in [0.1, 0.15) is 5.75 Å². The van der Waals surface area contributed by atoms with Gasteiger partial charge in [0.15, 0.2) is 0 Å². The van der Waals surface area contributed by atoms with E-state index in [4.69, 9.17) is 10.5 Å². The molecule has 0 aliphatic rings. The van der Waals surface area contributed by atoms with Gasteiger partial charge in [0.05, 0.1) is 24.9 Å². The fraction of sp³-hybridized carbons (Fsp3) is 0.182. The summed E-state index contributed by atoms with van der Waals surface area (Å²) in [7, 11) is 1.61. The van der Waals surface area contributed by atoms with E-state index in [1.54, 1.807) is 18.4 Å². The van der Waals surface area contributed by atoms with Crippen molar-refractivity contribution >= 4 is 22.7 Å². The number of anilines is 2. The van der Waals surface area contributed by atoms with E-state index in [1.807, 2.05) is 29.9 Å². The molecule has 0 saturated carbocycles. The molecule has 3 N–H and O–H groups in total. The van der Waals surface area contributed by atoms with Crippen LogP contribution < -0.4 is 15.8 Å². The fourth-order valence-electron chi connectivity index (χ4n) is 1.34. The Balaban J connectivity index is 2.04. The van der Waals surface area contributed by atoms with E-state index in [2.05, 4.69) is 10.3 Å². The molecular formula is C11H13N3OS. The third kappa shape index (κ3) is 2.43. The minimum absolute atomic E-state index is 0.644. The summed E-state index contributed by atoms with van der Waals surface area (Å²) in [6, 6.07) is 5.64. The number of benzene rings is 1. The lowest BCUT2D eigenvalue weighted by Gasteiger charge is -2.08. The summed E-state index contributed by atoms with van der Waals surface area (Å²) in [4.78, 5) is 5.21. The van der Waals surface area contributed by atoms with Crippen molar-refractivity contribution in [3.63, 3.8) is 0 Å². The minimum atomic E-state index is 0.644. The van der Waals surface area contributed by atoms with Crippen LogP contribution in [0.5, 0.6) is 5.75 Å². The van der Waals surface area contributed by atoms with Crippen LogP contribution in [0.4, 0.5) is 11.4 Å². The molecule has 0 atom stereocenters. The highest BCUT2D eigenvalue weighted by Crippen LogP contribution is 2.25. The lowest BCUT2D eigenvalue weighted by molar-refractivity contribution is 0.417. The van der Waals surface area contributed by atoms with Gasteiger partial charge in [-0.3, -0.25) is 4.98 Å². The molecule has 0 spiro atoms. The highest BCUT2D eigenvalue weighted by molar-refractivity contribution is 7.09. The van der Waals surface area contributed by atoms with Gasteiger partial charge in [-0.05, 0) is 12.1 Å². The largest absolute Gasteiger partial charge is 0.495 e. The van der Waals surface area contributed by atoms with Crippen molar-refractivity contribution in [3.05, 3.63) is 34.8 Å². The monoisotopic (exact) mass is 235 g/mol. The van der Waals surface area contributed by atoms with Crippen molar-refractivity contribution in [3.8, 4) is 5.75 Å². The quantitative estimate of drug-likeness (QED) is 0.799. The third-order valence-electron chi connectivity index (χ3n) is 2.18. The van der Waals surface area contributed by atoms with E-state index in [-0.39, 0.29) is 0 Å². The van der Waals surface area contributed by atoms with E-state index in [0.29, 0.717) is 11.4 Å². The number of nitrogens with zero attached hydrogens (tertiary/aromatic N) is 1. The molecule has 4 nitrogen and oxygen atoms in total. The van der Waals surface area contributed by atoms with Crippen LogP contribution in [0, 0.1) is 0 Å². The summed E-state index contributed by atoms with van der Waals surface area (Å²) in [6.45, 7) is 0.762. The summed E-state index contributed by atoms with van der Waals surface area (Å²) >= 11 is 1.63. The van der Waals surface area contributed by atoms with Crippen LogP contribution >= 0.6 is 11.3 Å². The van der Waals surface area contributed by atoms with E-state index >= 15 is 0 Å². The van der Waals surface area contributed by atoms with Crippen molar-refractivity contribution in [1.82, 2.24) is 4.98 Å². The summed E-state index contributed by atoms with van der Waals surface area (Å²) in [6.07, 6.45) is 1.85. The second-order valence-corrected chi connectivity index (χ2v) is 4.25. The average molecular weight is 235 g/mol. The maximum Gasteiger partial charge on any atom is 0.143 e. The number of nitrogens with one attached hydrogen (secondary N) is 1. The predicted octanol–water partition coefficient (Wildman–Crippen LogP) is 2.35. The number of hydrogen-bond donors (Lipinski definition) is 2. The summed E-state index contributed by atoms with van der Waals surface area (Å²) in [5, 5.41) is 3.28. The summed E-state index contributed by atoms with van der Waals surface area (Å²) in [5.41, 5.74) is 9.18. The first-order valence-electron chi connectivity index (χ1n) is 4.84. The zero-order chi connectivity index (χ0) is 11.4. The lowest BCUT2D eigenvalue weighted by Crippen LogP contribution is -1.99. The molecule has 84 valence electrons. The van der Waals surface area contributed by atoms with Crippen molar-refractivity contribution in [2.45, 2.75) is 6.54 Å². The van der Waals surface area contributed by atoms with E-state index in [1.165, 1.54) is 4.88 Å². The molecule has 1 heterocycles. The number of methoxy groups -OCH3 is 1. The molecule has 0 unspecified atom stereocenters. The van der Waals surface area contributed by atoms with Gasteiger partial charge in [-0.1, -0.05) is 0 Å². The van der Waals surface area contributed by atoms with Crippen LogP contribution in [-0.4, -0.2) is 12.1 Å². The highest BCUT2D eigenvalue weighted by Gasteiger charge is 2.01. The first-order chi connectivity index (χ1) is 7.79. The average Bonchev–Trinajstić information content (AvgIpc) is 2.81. The van der Waals surface area contributed by atoms with Gasteiger partial charge in [-0.15, -0.1) is 11.3 Å². The molecule has 0 bridgehead atoms. The maximum atomic E-state index is 5.73. The smallest absolute Gasteiger partial charge is 0.143 e. The van der Waals surface area contributed by atoms with Gasteiger partial charge in [0.2, 0.25) is 0 Å². The summed E-state index contributed by atoms with van der Waals surface area (Å²) in [5.74, 6) is 0.689. The Bertz CT molecular complexity index is 456. The first-order valence-corrected chi connectivity index (χ1v) is 5.72. The third-order valence-corrected chi connectivity index (χ3v) is 2.96. The van der Waals surface area contributed by atoms with Gasteiger partial charge in [0.25, 0.3) is 0 Å². The molecule has 2 aromatic rings. The Hall–Kier alpha value is -1.75. The molecule has 0 aliphatic carbocycles. The van der Waals surface area contributed by atoms with Gasteiger partial charge >= 0.3 is 0 Å². The van der Waals surface area contributed by atoms with Crippen molar-refractivity contribution in [2.24, 2.45) is 0 Å². The van der Waals surface area contributed by atoms with Crippen LogP contribution in [0.2, 0.25) is 0 Å². The van der Waals surface area contributed by atoms with Gasteiger partial charge < -0.3 is 15.8 Å². The second kappa shape index (κ2) is 4.85. The molecule has 2 rings (SSSR count). The number of nitrogens with two attached hydrogens (primary N) is 1. The van der Waals surface area contributed by atoms with E-state index in [0.717, 1.165) is 12.2 Å². The Labute approximate surface area is 98.1 Å². The normalized spacial score (nSPS) is 10.1. The number of aromatic nitrogens is 1. The Morgan fingerprint density at radius 3 is 3.06 bits per heavy atom. The van der Waals surface area contributed by atoms with E-state index in [9.17, 15) is 0 Å². The standard InChI is InChI=1S/C11H13N3OS/c1-15-11-4-8(2-3-10(11)12)14-6-9-5-13-7-16-9/h2-5,7,14H,6,12H2,1H3. The van der Waals surface area contributed by atoms with Crippen LogP contribution in [0.15, 0.2) is 29.9 Å². The number of nitrogen functional groups attached to an aromatic ring is 1. The number of thiazole rings is 1. The topological polar surface area (TPSA) is 60.2 Å². The molecular weight excluding hydrogens is 222 g/mol. The Morgan fingerprint density at radius 1 is 1.50 bits per heavy atom. The molecule has 1 aromatic heterocycles. The van der Waals surface area contributed by atoms with Gasteiger partial charge in [-0.2, -0.15) is 0 Å². The fourth-order valence-corrected chi connectivity index (χ4v) is 1.87. The van der Waals surface area contributed by atoms with Crippen molar-refractivity contribution in [1.29, 1.82) is 0 Å². The molecule has 5 heteroatoms. The van der Waals surface area contributed by atoms with Crippen molar-refractivity contribution in [2.75, 3.05) is 18.2 Å². The van der Waals surface area contributed by atoms with Crippen LogP contribution in [0.25, 0.3) is 0 Å². The highest BCUT2D eigenvalue weighted by atomic mass is 32.1. The zero-order valence-electron chi connectivity index (χ0n) is 8.93. The molecule has 16 heavy (non-hydrogen) atoms. The second-order valence-electron chi connectivity index (χ2n) is 3.28. The van der Waals surface area contributed by atoms with E-state index < -0.39 is 0 Å². The first kappa shape index (κ1) is 10.8. The maximum absolute atomic E-state index is 5.73. The summed E-state index contributed by atoms with van der Waals surface area (Å²) < 4.78 is 5.15. The van der Waals surface area contributed by atoms with Gasteiger partial charge in [-0.25, -0.2) is 0 Å². The van der Waals surface area contributed by atoms with Crippen LogP contribution in [-0.2, 0) is 6.54 Å². The number of hydrogen-bond acceptors (Lipinski definition) is 5. The SMILES string of the molecule is COc1cc(NCc2cncs2)ccc1N.